The predicted octanol–water partition coefficient (Wildman–Crippen LogP) is 2.65. The summed E-state index contributed by atoms with van der Waals surface area (Å²) in [4.78, 5) is 11.5. The topological polar surface area (TPSA) is 64.3 Å². The summed E-state index contributed by atoms with van der Waals surface area (Å²) in [5.41, 5.74) is -0.0816. The summed E-state index contributed by atoms with van der Waals surface area (Å²) in [6.07, 6.45) is 0. The first-order valence-electron chi connectivity index (χ1n) is 6.35. The van der Waals surface area contributed by atoms with E-state index in [2.05, 4.69) is 5.10 Å². The van der Waals surface area contributed by atoms with Crippen molar-refractivity contribution < 1.29 is 23.4 Å². The van der Waals surface area contributed by atoms with Crippen LogP contribution >= 0.6 is 0 Å². The van der Waals surface area contributed by atoms with Gasteiger partial charge in [-0.2, -0.15) is 5.10 Å². The molecular weight excluding hydrogens is 282 g/mol. The molecule has 0 spiro atoms. The Hall–Kier alpha value is -2.44. The number of carbonyl (C=O) groups is 1. The monoisotopic (exact) mass is 296 g/mol. The van der Waals surface area contributed by atoms with E-state index < -0.39 is 23.6 Å². The number of hydrogen-bond donors (Lipinski definition) is 1. The predicted molar refractivity (Wildman–Crippen MR) is 70.0 cm³/mol. The van der Waals surface area contributed by atoms with Crippen molar-refractivity contribution in [3.63, 3.8) is 0 Å². The number of nitrogens with zero attached hydrogens (tertiary/aromatic N) is 2. The van der Waals surface area contributed by atoms with Crippen LogP contribution in [-0.2, 0) is 4.74 Å². The highest BCUT2D eigenvalue weighted by atomic mass is 19.2. The number of rotatable bonds is 4. The van der Waals surface area contributed by atoms with Gasteiger partial charge >= 0.3 is 5.97 Å². The SMILES string of the molecule is CCOC(=O)c1cc(O)n(C(C)c2cccc(F)c2F)n1. The maximum absolute atomic E-state index is 13.8. The molecule has 0 aliphatic rings. The lowest BCUT2D eigenvalue weighted by Gasteiger charge is -2.14. The quantitative estimate of drug-likeness (QED) is 0.881. The van der Waals surface area contributed by atoms with Gasteiger partial charge in [0.2, 0.25) is 5.88 Å². The Morgan fingerprint density at radius 2 is 2.19 bits per heavy atom. The van der Waals surface area contributed by atoms with E-state index >= 15 is 0 Å². The summed E-state index contributed by atoms with van der Waals surface area (Å²) < 4.78 is 32.8. The number of esters is 1. The van der Waals surface area contributed by atoms with Gasteiger partial charge in [-0.25, -0.2) is 18.3 Å². The van der Waals surface area contributed by atoms with Crippen molar-refractivity contribution in [2.45, 2.75) is 19.9 Å². The van der Waals surface area contributed by atoms with Crippen LogP contribution < -0.4 is 0 Å². The van der Waals surface area contributed by atoms with E-state index in [9.17, 15) is 18.7 Å². The van der Waals surface area contributed by atoms with Crippen LogP contribution in [0.1, 0.15) is 35.9 Å². The van der Waals surface area contributed by atoms with E-state index in [0.717, 1.165) is 16.8 Å². The number of hydrogen-bond acceptors (Lipinski definition) is 4. The molecule has 5 nitrogen and oxygen atoms in total. The Bertz CT molecular complexity index is 670. The van der Waals surface area contributed by atoms with Gasteiger partial charge in [0.15, 0.2) is 17.3 Å². The van der Waals surface area contributed by atoms with Gasteiger partial charge < -0.3 is 9.84 Å². The molecule has 2 rings (SSSR count). The maximum Gasteiger partial charge on any atom is 0.358 e. The van der Waals surface area contributed by atoms with Gasteiger partial charge in [0.1, 0.15) is 0 Å². The number of halogens is 2. The second-order valence-corrected chi connectivity index (χ2v) is 4.37. The standard InChI is InChI=1S/C14H14F2N2O3/c1-3-21-14(20)11-7-12(19)18(17-11)8(2)9-5-4-6-10(15)13(9)16/h4-8,19H,3H2,1-2H3. The second kappa shape index (κ2) is 5.90. The highest BCUT2D eigenvalue weighted by Crippen LogP contribution is 2.26. The zero-order chi connectivity index (χ0) is 15.6. The normalized spacial score (nSPS) is 12.2. The first-order chi connectivity index (χ1) is 9.95. The second-order valence-electron chi connectivity index (χ2n) is 4.37. The summed E-state index contributed by atoms with van der Waals surface area (Å²) >= 11 is 0. The lowest BCUT2D eigenvalue weighted by atomic mass is 10.1. The molecule has 0 fully saturated rings. The summed E-state index contributed by atoms with van der Waals surface area (Å²) in [5, 5.41) is 13.7. The highest BCUT2D eigenvalue weighted by molar-refractivity contribution is 5.87. The third kappa shape index (κ3) is 2.86. The third-order valence-corrected chi connectivity index (χ3v) is 3.00. The molecule has 0 saturated heterocycles. The van der Waals surface area contributed by atoms with Crippen molar-refractivity contribution in [1.29, 1.82) is 0 Å². The molecule has 0 saturated carbocycles. The van der Waals surface area contributed by atoms with Crippen LogP contribution in [-0.4, -0.2) is 27.5 Å². The smallest absolute Gasteiger partial charge is 0.358 e. The summed E-state index contributed by atoms with van der Waals surface area (Å²) in [6, 6.07) is 4.07. The average Bonchev–Trinajstić information content (AvgIpc) is 2.83. The molecule has 0 aliphatic carbocycles. The molecule has 1 heterocycles. The van der Waals surface area contributed by atoms with E-state index in [1.807, 2.05) is 0 Å². The molecule has 21 heavy (non-hydrogen) atoms. The Kier molecular flexibility index (Phi) is 4.21. The van der Waals surface area contributed by atoms with Gasteiger partial charge in [-0.05, 0) is 19.9 Å². The molecule has 7 heteroatoms. The van der Waals surface area contributed by atoms with E-state index in [0.29, 0.717) is 0 Å². The van der Waals surface area contributed by atoms with E-state index in [1.165, 1.54) is 19.1 Å². The fourth-order valence-corrected chi connectivity index (χ4v) is 1.95. The van der Waals surface area contributed by atoms with E-state index in [4.69, 9.17) is 4.74 Å². The van der Waals surface area contributed by atoms with Gasteiger partial charge in [-0.1, -0.05) is 12.1 Å². The van der Waals surface area contributed by atoms with E-state index in [-0.39, 0.29) is 23.7 Å². The molecule has 112 valence electrons. The van der Waals surface area contributed by atoms with Gasteiger partial charge in [-0.15, -0.1) is 0 Å². The van der Waals surface area contributed by atoms with Crippen molar-refractivity contribution >= 4 is 5.97 Å². The van der Waals surface area contributed by atoms with Crippen molar-refractivity contribution in [2.24, 2.45) is 0 Å². The molecule has 0 aliphatic heterocycles. The van der Waals surface area contributed by atoms with E-state index in [1.54, 1.807) is 6.92 Å². The zero-order valence-electron chi connectivity index (χ0n) is 11.5. The lowest BCUT2D eigenvalue weighted by molar-refractivity contribution is 0.0518. The largest absolute Gasteiger partial charge is 0.493 e. The summed E-state index contributed by atoms with van der Waals surface area (Å²) in [6.45, 7) is 3.33. The van der Waals surface area contributed by atoms with Crippen LogP contribution in [0.2, 0.25) is 0 Å². The number of aromatic hydroxyl groups is 1. The minimum absolute atomic E-state index is 0.0174. The molecule has 1 aromatic carbocycles. The molecule has 0 amide bonds. The van der Waals surface area contributed by atoms with Crippen molar-refractivity contribution in [3.8, 4) is 5.88 Å². The van der Waals surface area contributed by atoms with Crippen molar-refractivity contribution in [2.75, 3.05) is 6.61 Å². The molecule has 1 N–H and O–H groups in total. The molecule has 1 aromatic heterocycles. The fourth-order valence-electron chi connectivity index (χ4n) is 1.95. The summed E-state index contributed by atoms with van der Waals surface area (Å²) in [5.74, 6) is -3.04. The van der Waals surface area contributed by atoms with Gasteiger partial charge in [0.25, 0.3) is 0 Å². The number of aromatic nitrogens is 2. The molecular formula is C14H14F2N2O3. The minimum atomic E-state index is -1.02. The Balaban J connectivity index is 2.37. The average molecular weight is 296 g/mol. The van der Waals surface area contributed by atoms with Crippen LogP contribution in [0, 0.1) is 11.6 Å². The Morgan fingerprint density at radius 3 is 2.86 bits per heavy atom. The Morgan fingerprint density at radius 1 is 1.48 bits per heavy atom. The number of benzene rings is 1. The molecule has 1 atom stereocenters. The van der Waals surface area contributed by atoms with Crippen LogP contribution in [0.5, 0.6) is 5.88 Å². The number of ether oxygens (including phenoxy) is 1. The van der Waals surface area contributed by atoms with Crippen LogP contribution in [0.4, 0.5) is 8.78 Å². The molecule has 0 radical (unpaired) electrons. The van der Waals surface area contributed by atoms with Crippen LogP contribution in [0.3, 0.4) is 0 Å². The maximum atomic E-state index is 13.8. The highest BCUT2D eigenvalue weighted by Gasteiger charge is 2.22. The molecule has 2 aromatic rings. The summed E-state index contributed by atoms with van der Waals surface area (Å²) in [7, 11) is 0. The van der Waals surface area contributed by atoms with Crippen LogP contribution in [0.15, 0.2) is 24.3 Å². The third-order valence-electron chi connectivity index (χ3n) is 3.00. The molecule has 1 unspecified atom stereocenters. The minimum Gasteiger partial charge on any atom is -0.493 e. The zero-order valence-corrected chi connectivity index (χ0v) is 11.5. The van der Waals surface area contributed by atoms with Gasteiger partial charge in [0, 0.05) is 11.6 Å². The van der Waals surface area contributed by atoms with Crippen molar-refractivity contribution in [3.05, 3.63) is 47.2 Å². The Labute approximate surface area is 119 Å². The number of carbonyl (C=O) groups excluding carboxylic acids is 1. The van der Waals surface area contributed by atoms with Gasteiger partial charge in [-0.3, -0.25) is 0 Å². The molecule has 0 bridgehead atoms. The fraction of sp³-hybridized carbons (Fsp3) is 0.286. The first kappa shape index (κ1) is 15.0. The van der Waals surface area contributed by atoms with Crippen molar-refractivity contribution in [1.82, 2.24) is 9.78 Å². The van der Waals surface area contributed by atoms with Gasteiger partial charge in [0.05, 0.1) is 12.6 Å². The van der Waals surface area contributed by atoms with Crippen LogP contribution in [0.25, 0.3) is 0 Å². The lowest BCUT2D eigenvalue weighted by Crippen LogP contribution is -2.13. The first-order valence-corrected chi connectivity index (χ1v) is 6.35.